The van der Waals surface area contributed by atoms with E-state index < -0.39 is 18.0 Å². The van der Waals surface area contributed by atoms with Crippen molar-refractivity contribution in [3.05, 3.63) is 54.1 Å². The van der Waals surface area contributed by atoms with Crippen molar-refractivity contribution in [1.29, 1.82) is 0 Å². The number of hydrogen-bond acceptors (Lipinski definition) is 7. The Kier molecular flexibility index (Phi) is 8.21. The van der Waals surface area contributed by atoms with E-state index in [0.717, 1.165) is 28.7 Å². The van der Waals surface area contributed by atoms with Crippen LogP contribution in [0.2, 0.25) is 0 Å². The molecular formula is C24H29N5O3. The second kappa shape index (κ2) is 11.3. The Hall–Kier alpha value is -3.39. The number of nitrogens with one attached hydrogen (secondary N) is 2. The number of tetrazole rings is 1. The third-order valence-electron chi connectivity index (χ3n) is 5.19. The van der Waals surface area contributed by atoms with E-state index in [0.29, 0.717) is 18.8 Å². The van der Waals surface area contributed by atoms with E-state index in [1.54, 1.807) is 0 Å². The van der Waals surface area contributed by atoms with E-state index >= 15 is 0 Å². The zero-order valence-electron chi connectivity index (χ0n) is 18.7. The van der Waals surface area contributed by atoms with Crippen LogP contribution >= 0.6 is 0 Å². The summed E-state index contributed by atoms with van der Waals surface area (Å²) < 4.78 is 5.03. The molecule has 0 radical (unpaired) electrons. The lowest BCUT2D eigenvalue weighted by Crippen LogP contribution is -2.42. The minimum atomic E-state index is -0.556. The third kappa shape index (κ3) is 6.07. The molecule has 2 aromatic carbocycles. The fourth-order valence-corrected chi connectivity index (χ4v) is 3.38. The number of nitrogens with zero attached hydrogens (tertiary/aromatic N) is 3. The largest absolute Gasteiger partial charge is 0.392 e. The summed E-state index contributed by atoms with van der Waals surface area (Å²) in [5, 5.41) is 17.4. The van der Waals surface area contributed by atoms with Gasteiger partial charge in [0.1, 0.15) is 6.04 Å². The van der Waals surface area contributed by atoms with Gasteiger partial charge in [-0.3, -0.25) is 4.79 Å². The maximum atomic E-state index is 12.4. The van der Waals surface area contributed by atoms with Gasteiger partial charge < -0.3 is 10.1 Å². The van der Waals surface area contributed by atoms with Crippen molar-refractivity contribution < 1.29 is 14.3 Å². The summed E-state index contributed by atoms with van der Waals surface area (Å²) in [6.07, 6.45) is 1.86. The molecule has 0 saturated heterocycles. The molecule has 168 valence electrons. The molecule has 0 bridgehead atoms. The number of aromatic amines is 1. The van der Waals surface area contributed by atoms with Gasteiger partial charge in [0.05, 0.1) is 0 Å². The van der Waals surface area contributed by atoms with E-state index in [2.05, 4.69) is 25.9 Å². The number of hydrogen-bond donors (Lipinski definition) is 2. The number of carbonyl (C=O) groups is 2. The topological polar surface area (TPSA) is 110 Å². The number of rotatable bonds is 10. The number of esters is 2. The minimum absolute atomic E-state index is 0.0110. The van der Waals surface area contributed by atoms with Crippen LogP contribution in [0.4, 0.5) is 0 Å². The molecule has 1 atom stereocenters. The van der Waals surface area contributed by atoms with Crippen molar-refractivity contribution in [2.75, 3.05) is 0 Å². The maximum absolute atomic E-state index is 12.4. The molecule has 0 saturated carbocycles. The van der Waals surface area contributed by atoms with E-state index in [1.807, 2.05) is 69.3 Å². The van der Waals surface area contributed by atoms with E-state index in [9.17, 15) is 9.59 Å². The first kappa shape index (κ1) is 23.3. The van der Waals surface area contributed by atoms with Gasteiger partial charge in [-0.05, 0) is 39.5 Å². The summed E-state index contributed by atoms with van der Waals surface area (Å²) in [6.45, 7) is 6.32. The molecule has 0 amide bonds. The summed E-state index contributed by atoms with van der Waals surface area (Å²) in [4.78, 5) is 24.3. The molecule has 32 heavy (non-hydrogen) atoms. The van der Waals surface area contributed by atoms with Crippen LogP contribution < -0.4 is 5.32 Å². The molecular weight excluding hydrogens is 406 g/mol. The highest BCUT2D eigenvalue weighted by Crippen LogP contribution is 2.29. The summed E-state index contributed by atoms with van der Waals surface area (Å²) in [6, 6.07) is 15.4. The lowest BCUT2D eigenvalue weighted by atomic mass is 9.98. The number of carbonyl (C=O) groups excluding carboxylic acids is 2. The first-order chi connectivity index (χ1) is 15.5. The number of ether oxygens (including phenoxy) is 1. The van der Waals surface area contributed by atoms with Crippen LogP contribution in [0.25, 0.3) is 22.5 Å². The molecule has 0 spiro atoms. The van der Waals surface area contributed by atoms with Crippen LogP contribution in [0.5, 0.6) is 0 Å². The van der Waals surface area contributed by atoms with Gasteiger partial charge in [-0.1, -0.05) is 75.7 Å². The zero-order valence-corrected chi connectivity index (χ0v) is 18.7. The van der Waals surface area contributed by atoms with Gasteiger partial charge in [0.15, 0.2) is 5.82 Å². The molecule has 2 N–H and O–H groups in total. The number of benzene rings is 2. The standard InChI is InChI=1S/C24H29N5O3/c1-4-5-10-21(30)32-24(31)22(16(2)3)25-15-17-11-13-18(14-12-17)19-8-6-7-9-20(19)23-26-28-29-27-23/h6-9,11-14,16,22,25H,4-5,10,15H2,1-3H3,(H,26,27,28,29)/t22-/m0/s1. The van der Waals surface area contributed by atoms with Gasteiger partial charge in [0.2, 0.25) is 0 Å². The average molecular weight is 436 g/mol. The summed E-state index contributed by atoms with van der Waals surface area (Å²) >= 11 is 0. The van der Waals surface area contributed by atoms with E-state index in [-0.39, 0.29) is 12.3 Å². The molecule has 3 aromatic rings. The highest BCUT2D eigenvalue weighted by molar-refractivity contribution is 5.88. The van der Waals surface area contributed by atoms with Gasteiger partial charge in [-0.15, -0.1) is 5.10 Å². The second-order valence-electron chi connectivity index (χ2n) is 7.99. The molecule has 1 heterocycles. The van der Waals surface area contributed by atoms with E-state index in [1.165, 1.54) is 0 Å². The first-order valence-electron chi connectivity index (χ1n) is 10.9. The van der Waals surface area contributed by atoms with Gasteiger partial charge in [0, 0.05) is 18.5 Å². The van der Waals surface area contributed by atoms with Crippen molar-refractivity contribution in [3.8, 4) is 22.5 Å². The Morgan fingerprint density at radius 1 is 1.06 bits per heavy atom. The number of H-pyrrole nitrogens is 1. The monoisotopic (exact) mass is 435 g/mol. The molecule has 8 heteroatoms. The second-order valence-corrected chi connectivity index (χ2v) is 7.99. The Bertz CT molecular complexity index is 1020. The molecule has 0 aliphatic heterocycles. The van der Waals surface area contributed by atoms with Crippen molar-refractivity contribution in [2.45, 2.75) is 52.6 Å². The average Bonchev–Trinajstić information content (AvgIpc) is 3.33. The van der Waals surface area contributed by atoms with Crippen LogP contribution in [0.3, 0.4) is 0 Å². The predicted molar refractivity (Wildman–Crippen MR) is 121 cm³/mol. The van der Waals surface area contributed by atoms with Crippen LogP contribution in [0, 0.1) is 5.92 Å². The summed E-state index contributed by atoms with van der Waals surface area (Å²) in [7, 11) is 0. The zero-order chi connectivity index (χ0) is 22.9. The molecule has 0 fully saturated rings. The minimum Gasteiger partial charge on any atom is -0.392 e. The van der Waals surface area contributed by atoms with Crippen molar-refractivity contribution in [2.24, 2.45) is 5.92 Å². The van der Waals surface area contributed by atoms with Gasteiger partial charge in [-0.2, -0.15) is 0 Å². The van der Waals surface area contributed by atoms with Crippen LogP contribution in [0.15, 0.2) is 48.5 Å². The Labute approximate surface area is 187 Å². The predicted octanol–water partition coefficient (Wildman–Crippen LogP) is 3.91. The Morgan fingerprint density at radius 2 is 1.78 bits per heavy atom. The maximum Gasteiger partial charge on any atom is 0.331 e. The lowest BCUT2D eigenvalue weighted by molar-refractivity contribution is -0.162. The molecule has 0 aliphatic rings. The smallest absolute Gasteiger partial charge is 0.331 e. The van der Waals surface area contributed by atoms with Crippen LogP contribution in [-0.4, -0.2) is 38.6 Å². The molecule has 3 rings (SSSR count). The normalized spacial score (nSPS) is 12.0. The Morgan fingerprint density at radius 3 is 2.41 bits per heavy atom. The molecule has 1 aromatic heterocycles. The van der Waals surface area contributed by atoms with E-state index in [4.69, 9.17) is 4.74 Å². The quantitative estimate of drug-likeness (QED) is 0.367. The molecule has 0 aliphatic carbocycles. The van der Waals surface area contributed by atoms with Crippen LogP contribution in [0.1, 0.15) is 45.6 Å². The summed E-state index contributed by atoms with van der Waals surface area (Å²) in [5.41, 5.74) is 3.98. The summed E-state index contributed by atoms with van der Waals surface area (Å²) in [5.74, 6) is -0.386. The molecule has 0 unspecified atom stereocenters. The van der Waals surface area contributed by atoms with Crippen LogP contribution in [-0.2, 0) is 20.9 Å². The molecule has 8 nitrogen and oxygen atoms in total. The van der Waals surface area contributed by atoms with Crippen molar-refractivity contribution >= 4 is 11.9 Å². The first-order valence-corrected chi connectivity index (χ1v) is 10.9. The highest BCUT2D eigenvalue weighted by Gasteiger charge is 2.25. The fraction of sp³-hybridized carbons (Fsp3) is 0.375. The van der Waals surface area contributed by atoms with Gasteiger partial charge >= 0.3 is 11.9 Å². The number of unbranched alkanes of at least 4 members (excludes halogenated alkanes) is 1. The van der Waals surface area contributed by atoms with Gasteiger partial charge in [0.25, 0.3) is 0 Å². The SMILES string of the molecule is CCCCC(=O)OC(=O)[C@@H](NCc1ccc(-c2ccccc2-c2nnn[nH]2)cc1)C(C)C. The van der Waals surface area contributed by atoms with Crippen molar-refractivity contribution in [3.63, 3.8) is 0 Å². The highest BCUT2D eigenvalue weighted by atomic mass is 16.6. The number of aromatic nitrogens is 4. The Balaban J connectivity index is 1.65. The third-order valence-corrected chi connectivity index (χ3v) is 5.19. The van der Waals surface area contributed by atoms with Gasteiger partial charge in [-0.25, -0.2) is 9.89 Å². The van der Waals surface area contributed by atoms with Crippen molar-refractivity contribution in [1.82, 2.24) is 25.9 Å². The lowest BCUT2D eigenvalue weighted by Gasteiger charge is -2.20. The fourth-order valence-electron chi connectivity index (χ4n) is 3.38.